The normalized spacial score (nSPS) is 17.3. The SMILES string of the molecule is O=C(C=Cc1ccc(F)c(F)c1F)N1CCC2(CCN(C(=O)CCCOc3ccccc3)CC2)C1. The highest BCUT2D eigenvalue weighted by atomic mass is 19.2. The van der Waals surface area contributed by atoms with Crippen molar-refractivity contribution in [1.29, 1.82) is 0 Å². The van der Waals surface area contributed by atoms with E-state index in [0.717, 1.165) is 37.1 Å². The number of halogens is 3. The van der Waals surface area contributed by atoms with Crippen molar-refractivity contribution in [3.05, 3.63) is 71.6 Å². The molecule has 2 aromatic carbocycles. The number of piperidine rings is 1. The first kappa shape index (κ1) is 24.8. The summed E-state index contributed by atoms with van der Waals surface area (Å²) in [6, 6.07) is 11.4. The molecule has 186 valence electrons. The molecule has 2 saturated heterocycles. The van der Waals surface area contributed by atoms with Gasteiger partial charge in [0.05, 0.1) is 6.61 Å². The summed E-state index contributed by atoms with van der Waals surface area (Å²) in [7, 11) is 0. The molecular weight excluding hydrogens is 457 g/mol. The Morgan fingerprint density at radius 3 is 2.31 bits per heavy atom. The summed E-state index contributed by atoms with van der Waals surface area (Å²) in [5.74, 6) is -3.50. The molecule has 2 aromatic rings. The molecule has 0 N–H and O–H groups in total. The van der Waals surface area contributed by atoms with Gasteiger partial charge in [-0.05, 0) is 61.4 Å². The molecule has 0 aliphatic carbocycles. The van der Waals surface area contributed by atoms with E-state index in [1.807, 2.05) is 35.2 Å². The van der Waals surface area contributed by atoms with Crippen molar-refractivity contribution in [3.63, 3.8) is 0 Å². The van der Waals surface area contributed by atoms with E-state index in [9.17, 15) is 22.8 Å². The highest BCUT2D eigenvalue weighted by molar-refractivity contribution is 5.92. The first-order chi connectivity index (χ1) is 16.9. The lowest BCUT2D eigenvalue weighted by molar-refractivity contribution is -0.134. The molecule has 2 fully saturated rings. The standard InChI is InChI=1S/C27H29F3N2O3/c28-22-10-8-20(25(29)26(22)30)9-11-24(34)32-17-14-27(19-32)12-15-31(16-13-27)23(33)7-4-18-35-21-5-2-1-3-6-21/h1-3,5-6,8-11H,4,7,12-19H2. The average molecular weight is 487 g/mol. The number of benzene rings is 2. The number of amides is 2. The van der Waals surface area contributed by atoms with Crippen LogP contribution in [-0.4, -0.2) is 54.4 Å². The van der Waals surface area contributed by atoms with E-state index in [-0.39, 0.29) is 22.8 Å². The zero-order chi connectivity index (χ0) is 24.8. The van der Waals surface area contributed by atoms with Crippen LogP contribution in [0.3, 0.4) is 0 Å². The molecule has 0 aromatic heterocycles. The maximum Gasteiger partial charge on any atom is 0.246 e. The molecule has 2 aliphatic rings. The molecule has 1 spiro atoms. The monoisotopic (exact) mass is 486 g/mol. The highest BCUT2D eigenvalue weighted by Gasteiger charge is 2.42. The Hall–Kier alpha value is -3.29. The lowest BCUT2D eigenvalue weighted by atomic mass is 9.77. The molecular formula is C27H29F3N2O3. The Morgan fingerprint density at radius 2 is 1.60 bits per heavy atom. The van der Waals surface area contributed by atoms with Crippen molar-refractivity contribution in [1.82, 2.24) is 9.80 Å². The Labute approximate surface area is 203 Å². The van der Waals surface area contributed by atoms with Crippen LogP contribution in [0.2, 0.25) is 0 Å². The van der Waals surface area contributed by atoms with Crippen LogP contribution < -0.4 is 4.74 Å². The third-order valence-electron chi connectivity index (χ3n) is 6.94. The second-order valence-electron chi connectivity index (χ2n) is 9.25. The maximum atomic E-state index is 13.8. The summed E-state index contributed by atoms with van der Waals surface area (Å²) in [6.07, 6.45) is 5.96. The van der Waals surface area contributed by atoms with Gasteiger partial charge in [0, 0.05) is 44.2 Å². The van der Waals surface area contributed by atoms with E-state index in [2.05, 4.69) is 0 Å². The van der Waals surface area contributed by atoms with Crippen LogP contribution in [0.1, 0.15) is 37.7 Å². The van der Waals surface area contributed by atoms with Gasteiger partial charge >= 0.3 is 0 Å². The summed E-state index contributed by atoms with van der Waals surface area (Å²) in [5.41, 5.74) is -0.198. The lowest BCUT2D eigenvalue weighted by Gasteiger charge is -2.39. The van der Waals surface area contributed by atoms with Crippen LogP contribution in [0.15, 0.2) is 48.5 Å². The first-order valence-electron chi connectivity index (χ1n) is 11.9. The van der Waals surface area contributed by atoms with Gasteiger partial charge in [-0.2, -0.15) is 0 Å². The van der Waals surface area contributed by atoms with Crippen LogP contribution in [0, 0.1) is 22.9 Å². The molecule has 5 nitrogen and oxygen atoms in total. The number of para-hydroxylation sites is 1. The molecule has 2 amide bonds. The Morgan fingerprint density at radius 1 is 0.914 bits per heavy atom. The Bertz CT molecular complexity index is 1080. The Kier molecular flexibility index (Phi) is 7.78. The van der Waals surface area contributed by atoms with Crippen LogP contribution in [0.5, 0.6) is 5.75 Å². The van der Waals surface area contributed by atoms with Crippen molar-refractivity contribution >= 4 is 17.9 Å². The number of nitrogens with zero attached hydrogens (tertiary/aromatic N) is 2. The first-order valence-corrected chi connectivity index (χ1v) is 11.9. The van der Waals surface area contributed by atoms with Crippen LogP contribution in [0.25, 0.3) is 6.08 Å². The molecule has 0 bridgehead atoms. The third kappa shape index (κ3) is 6.05. The van der Waals surface area contributed by atoms with Gasteiger partial charge in [0.2, 0.25) is 11.8 Å². The van der Waals surface area contributed by atoms with Gasteiger partial charge in [-0.3, -0.25) is 9.59 Å². The summed E-state index contributed by atoms with van der Waals surface area (Å²) in [6.45, 7) is 2.97. The van der Waals surface area contributed by atoms with E-state index >= 15 is 0 Å². The number of carbonyl (C=O) groups excluding carboxylic acids is 2. The summed E-state index contributed by atoms with van der Waals surface area (Å²) in [5, 5.41) is 0. The fourth-order valence-corrected chi connectivity index (χ4v) is 4.79. The van der Waals surface area contributed by atoms with Gasteiger partial charge in [-0.1, -0.05) is 18.2 Å². The minimum atomic E-state index is -1.55. The number of carbonyl (C=O) groups is 2. The number of ether oxygens (including phenoxy) is 1. The lowest BCUT2D eigenvalue weighted by Crippen LogP contribution is -2.44. The quantitative estimate of drug-likeness (QED) is 0.320. The number of hydrogen-bond donors (Lipinski definition) is 0. The summed E-state index contributed by atoms with van der Waals surface area (Å²) >= 11 is 0. The van der Waals surface area contributed by atoms with Crippen LogP contribution in [0.4, 0.5) is 13.2 Å². The van der Waals surface area contributed by atoms with Gasteiger partial charge in [0.1, 0.15) is 5.75 Å². The molecule has 0 saturated carbocycles. The minimum Gasteiger partial charge on any atom is -0.494 e. The second kappa shape index (κ2) is 11.0. The van der Waals surface area contributed by atoms with Gasteiger partial charge in [-0.15, -0.1) is 0 Å². The van der Waals surface area contributed by atoms with E-state index < -0.39 is 17.5 Å². The number of rotatable bonds is 7. The van der Waals surface area contributed by atoms with Crippen LogP contribution >= 0.6 is 0 Å². The minimum absolute atomic E-state index is 0.0239. The van der Waals surface area contributed by atoms with E-state index in [1.54, 1.807) is 4.90 Å². The molecule has 35 heavy (non-hydrogen) atoms. The molecule has 8 heteroatoms. The van der Waals surface area contributed by atoms with Gasteiger partial charge in [0.25, 0.3) is 0 Å². The summed E-state index contributed by atoms with van der Waals surface area (Å²) < 4.78 is 45.9. The van der Waals surface area contributed by atoms with Crippen molar-refractivity contribution in [2.24, 2.45) is 5.41 Å². The summed E-state index contributed by atoms with van der Waals surface area (Å²) in [4.78, 5) is 28.8. The van der Waals surface area contributed by atoms with Crippen molar-refractivity contribution in [2.75, 3.05) is 32.8 Å². The predicted octanol–water partition coefficient (Wildman–Crippen LogP) is 4.82. The molecule has 2 aliphatic heterocycles. The van der Waals surface area contributed by atoms with Gasteiger partial charge in [0.15, 0.2) is 17.5 Å². The number of hydrogen-bond acceptors (Lipinski definition) is 3. The molecule has 0 unspecified atom stereocenters. The van der Waals surface area contributed by atoms with Gasteiger partial charge < -0.3 is 14.5 Å². The van der Waals surface area contributed by atoms with Crippen molar-refractivity contribution < 1.29 is 27.5 Å². The molecule has 0 radical (unpaired) electrons. The maximum absolute atomic E-state index is 13.8. The third-order valence-corrected chi connectivity index (χ3v) is 6.94. The molecule has 4 rings (SSSR count). The largest absolute Gasteiger partial charge is 0.494 e. The van der Waals surface area contributed by atoms with E-state index in [0.29, 0.717) is 45.6 Å². The van der Waals surface area contributed by atoms with Crippen molar-refractivity contribution in [3.8, 4) is 5.75 Å². The zero-order valence-corrected chi connectivity index (χ0v) is 19.5. The van der Waals surface area contributed by atoms with Crippen LogP contribution in [-0.2, 0) is 9.59 Å². The smallest absolute Gasteiger partial charge is 0.246 e. The second-order valence-corrected chi connectivity index (χ2v) is 9.25. The zero-order valence-electron chi connectivity index (χ0n) is 19.5. The topological polar surface area (TPSA) is 49.9 Å². The van der Waals surface area contributed by atoms with E-state index in [4.69, 9.17) is 4.74 Å². The average Bonchev–Trinajstić information content (AvgIpc) is 3.29. The van der Waals surface area contributed by atoms with Crippen molar-refractivity contribution in [2.45, 2.75) is 32.1 Å². The predicted molar refractivity (Wildman–Crippen MR) is 126 cm³/mol. The number of likely N-dealkylation sites (tertiary alicyclic amines) is 2. The highest BCUT2D eigenvalue weighted by Crippen LogP contribution is 2.40. The fraction of sp³-hybridized carbons (Fsp3) is 0.407. The van der Waals surface area contributed by atoms with E-state index in [1.165, 1.54) is 12.2 Å². The fourth-order valence-electron chi connectivity index (χ4n) is 4.79. The molecule has 0 atom stereocenters. The molecule has 2 heterocycles. The van der Waals surface area contributed by atoms with Gasteiger partial charge in [-0.25, -0.2) is 13.2 Å². The Balaban J connectivity index is 1.21.